The Labute approximate surface area is 133 Å². The first-order valence-corrected chi connectivity index (χ1v) is 7.59. The van der Waals surface area contributed by atoms with E-state index in [0.717, 1.165) is 0 Å². The molecule has 0 aromatic heterocycles. The lowest BCUT2D eigenvalue weighted by Crippen LogP contribution is -2.52. The van der Waals surface area contributed by atoms with Gasteiger partial charge in [0.2, 0.25) is 0 Å². The van der Waals surface area contributed by atoms with E-state index in [4.69, 9.17) is 20.9 Å². The monoisotopic (exact) mass is 326 g/mol. The summed E-state index contributed by atoms with van der Waals surface area (Å²) in [6, 6.07) is -0.376. The lowest BCUT2D eigenvalue weighted by atomic mass is 10.1. The van der Waals surface area contributed by atoms with E-state index in [1.165, 1.54) is 6.34 Å². The zero-order chi connectivity index (χ0) is 16.4. The first-order chi connectivity index (χ1) is 11.2. The van der Waals surface area contributed by atoms with Crippen molar-refractivity contribution >= 4 is 18.5 Å². The molecule has 6 N–H and O–H groups in total. The van der Waals surface area contributed by atoms with Crippen LogP contribution in [0.5, 0.6) is 0 Å². The molecule has 0 aromatic rings. The first-order valence-electron chi connectivity index (χ1n) is 7.59. The number of aliphatic imine (C=N–C) groups is 3. The zero-order valence-electron chi connectivity index (χ0n) is 12.6. The van der Waals surface area contributed by atoms with Crippen molar-refractivity contribution in [2.24, 2.45) is 26.4 Å². The van der Waals surface area contributed by atoms with E-state index in [1.54, 1.807) is 11.2 Å². The number of nitrogens with two attached hydrogens (primary N) is 2. The van der Waals surface area contributed by atoms with Gasteiger partial charge in [-0.1, -0.05) is 0 Å². The summed E-state index contributed by atoms with van der Waals surface area (Å²) >= 11 is 0. The van der Waals surface area contributed by atoms with Crippen LogP contribution in [0.2, 0.25) is 0 Å². The van der Waals surface area contributed by atoms with Crippen molar-refractivity contribution < 1.29 is 19.7 Å². The molecule has 1 fully saturated rings. The van der Waals surface area contributed by atoms with Gasteiger partial charge in [0.15, 0.2) is 12.4 Å². The zero-order valence-corrected chi connectivity index (χ0v) is 12.6. The molecule has 3 aliphatic rings. The highest BCUT2D eigenvalue weighted by Crippen LogP contribution is 2.31. The van der Waals surface area contributed by atoms with Gasteiger partial charge in [-0.25, -0.2) is 9.98 Å². The van der Waals surface area contributed by atoms with E-state index < -0.39 is 24.5 Å². The third-order valence-corrected chi connectivity index (χ3v) is 4.12. The second kappa shape index (κ2) is 6.89. The number of aliphatic hydroxyl groups is 2. The quantitative estimate of drug-likeness (QED) is 0.386. The molecule has 4 unspecified atom stereocenters. The molecule has 10 nitrogen and oxygen atoms in total. The summed E-state index contributed by atoms with van der Waals surface area (Å²) in [4.78, 5) is 14.3. The molecule has 3 heterocycles. The lowest BCUT2D eigenvalue weighted by Gasteiger charge is -2.33. The standard InChI is InChI=1S/C13H22N6O4/c14-2-1-3-22-10-9(21)7(4-20)23-13(10)19-6-18-8-11(15)16-5-17-12(8)19/h5-10,12-13,20-21H,1-4,14H2,(H2,15,16,17)/t7-,8?,9?,10?,12?,13-/m1/s1. The molecule has 0 aromatic carbocycles. The summed E-state index contributed by atoms with van der Waals surface area (Å²) in [5.74, 6) is 0.376. The van der Waals surface area contributed by atoms with Gasteiger partial charge in [0.05, 0.1) is 12.9 Å². The summed E-state index contributed by atoms with van der Waals surface area (Å²) in [5.41, 5.74) is 11.3. The summed E-state index contributed by atoms with van der Waals surface area (Å²) < 4.78 is 11.5. The Bertz CT molecular complexity index is 513. The predicted molar refractivity (Wildman–Crippen MR) is 83.2 cm³/mol. The van der Waals surface area contributed by atoms with Crippen LogP contribution in [0.4, 0.5) is 0 Å². The number of nitrogens with zero attached hydrogens (tertiary/aromatic N) is 4. The fraction of sp³-hybridized carbons (Fsp3) is 0.769. The maximum Gasteiger partial charge on any atom is 0.162 e. The van der Waals surface area contributed by atoms with Gasteiger partial charge in [0.25, 0.3) is 0 Å². The van der Waals surface area contributed by atoms with E-state index in [1.807, 2.05) is 0 Å². The molecule has 0 spiro atoms. The Hall–Kier alpha value is -1.59. The van der Waals surface area contributed by atoms with Crippen LogP contribution in [-0.4, -0.2) is 90.1 Å². The molecule has 0 aliphatic carbocycles. The number of ether oxygens (including phenoxy) is 2. The molecule has 6 atom stereocenters. The molecular weight excluding hydrogens is 304 g/mol. The molecule has 1 saturated heterocycles. The third kappa shape index (κ3) is 2.95. The average Bonchev–Trinajstić information content (AvgIpc) is 3.10. The number of hydrogen-bond donors (Lipinski definition) is 4. The minimum absolute atomic E-state index is 0.305. The fourth-order valence-electron chi connectivity index (χ4n) is 2.90. The van der Waals surface area contributed by atoms with Crippen molar-refractivity contribution in [2.45, 2.75) is 43.2 Å². The second-order valence-electron chi connectivity index (χ2n) is 5.60. The van der Waals surface area contributed by atoms with Crippen LogP contribution in [0, 0.1) is 0 Å². The van der Waals surface area contributed by atoms with Crippen molar-refractivity contribution in [2.75, 3.05) is 19.8 Å². The number of fused-ring (bicyclic) bond motifs is 1. The normalized spacial score (nSPS) is 38.9. The maximum atomic E-state index is 10.3. The lowest BCUT2D eigenvalue weighted by molar-refractivity contribution is -0.0951. The van der Waals surface area contributed by atoms with Crippen LogP contribution in [0.25, 0.3) is 0 Å². The van der Waals surface area contributed by atoms with Gasteiger partial charge in [0.1, 0.15) is 36.5 Å². The van der Waals surface area contributed by atoms with E-state index in [9.17, 15) is 10.2 Å². The van der Waals surface area contributed by atoms with E-state index in [-0.39, 0.29) is 18.8 Å². The van der Waals surface area contributed by atoms with Gasteiger partial charge < -0.3 is 36.1 Å². The van der Waals surface area contributed by atoms with Gasteiger partial charge in [-0.3, -0.25) is 4.99 Å². The van der Waals surface area contributed by atoms with E-state index in [2.05, 4.69) is 15.0 Å². The molecule has 128 valence electrons. The molecule has 3 aliphatic heterocycles. The second-order valence-corrected chi connectivity index (χ2v) is 5.60. The minimum atomic E-state index is -0.950. The summed E-state index contributed by atoms with van der Waals surface area (Å²) in [6.07, 6.45) is 0.303. The van der Waals surface area contributed by atoms with Crippen molar-refractivity contribution in [3.63, 3.8) is 0 Å². The largest absolute Gasteiger partial charge is 0.394 e. The van der Waals surface area contributed by atoms with Crippen LogP contribution in [0.15, 0.2) is 15.0 Å². The molecule has 23 heavy (non-hydrogen) atoms. The Morgan fingerprint density at radius 2 is 2.22 bits per heavy atom. The van der Waals surface area contributed by atoms with Crippen LogP contribution in [0.1, 0.15) is 6.42 Å². The fourth-order valence-corrected chi connectivity index (χ4v) is 2.90. The molecular formula is C13H22N6O4. The highest BCUT2D eigenvalue weighted by Gasteiger charge is 2.50. The number of amidine groups is 1. The Morgan fingerprint density at radius 1 is 1.39 bits per heavy atom. The highest BCUT2D eigenvalue weighted by atomic mass is 16.6. The molecule has 0 amide bonds. The van der Waals surface area contributed by atoms with Crippen LogP contribution in [0.3, 0.4) is 0 Å². The molecule has 10 heteroatoms. The topological polar surface area (TPSA) is 151 Å². The summed E-state index contributed by atoms with van der Waals surface area (Å²) in [5, 5.41) is 19.7. The first kappa shape index (κ1) is 16.3. The van der Waals surface area contributed by atoms with Gasteiger partial charge in [-0.15, -0.1) is 0 Å². The minimum Gasteiger partial charge on any atom is -0.394 e. The van der Waals surface area contributed by atoms with Crippen molar-refractivity contribution in [3.05, 3.63) is 0 Å². The van der Waals surface area contributed by atoms with Crippen LogP contribution < -0.4 is 11.5 Å². The molecule has 0 radical (unpaired) electrons. The van der Waals surface area contributed by atoms with Crippen molar-refractivity contribution in [3.8, 4) is 0 Å². The van der Waals surface area contributed by atoms with Crippen molar-refractivity contribution in [1.29, 1.82) is 0 Å². The van der Waals surface area contributed by atoms with Gasteiger partial charge in [-0.2, -0.15) is 0 Å². The Balaban J connectivity index is 1.75. The van der Waals surface area contributed by atoms with Gasteiger partial charge in [-0.05, 0) is 13.0 Å². The number of hydrogen-bond acceptors (Lipinski definition) is 10. The molecule has 0 saturated carbocycles. The molecule has 0 bridgehead atoms. The van der Waals surface area contributed by atoms with Gasteiger partial charge >= 0.3 is 0 Å². The van der Waals surface area contributed by atoms with Crippen molar-refractivity contribution in [1.82, 2.24) is 4.90 Å². The van der Waals surface area contributed by atoms with Gasteiger partial charge in [0, 0.05) is 6.61 Å². The highest BCUT2D eigenvalue weighted by molar-refractivity contribution is 5.96. The Morgan fingerprint density at radius 3 is 2.96 bits per heavy atom. The SMILES string of the molecule is NCCCOC1C(O)[C@@H](CO)O[C@H]1N1C=NC2C(N)=NC=NC21. The van der Waals surface area contributed by atoms with Crippen LogP contribution >= 0.6 is 0 Å². The average molecular weight is 326 g/mol. The summed E-state index contributed by atoms with van der Waals surface area (Å²) in [7, 11) is 0. The number of aliphatic hydroxyl groups excluding tert-OH is 2. The van der Waals surface area contributed by atoms with E-state index in [0.29, 0.717) is 25.4 Å². The maximum absolute atomic E-state index is 10.3. The Kier molecular flexibility index (Phi) is 4.87. The summed E-state index contributed by atoms with van der Waals surface area (Å²) in [6.45, 7) is 0.577. The third-order valence-electron chi connectivity index (χ3n) is 4.12. The predicted octanol–water partition coefficient (Wildman–Crippen LogP) is -2.76. The van der Waals surface area contributed by atoms with Crippen LogP contribution in [-0.2, 0) is 9.47 Å². The number of rotatable bonds is 6. The molecule has 3 rings (SSSR count). The van der Waals surface area contributed by atoms with E-state index >= 15 is 0 Å². The smallest absolute Gasteiger partial charge is 0.162 e.